The van der Waals surface area contributed by atoms with Crippen LogP contribution in [0.1, 0.15) is 16.5 Å². The number of imidazole rings is 1. The van der Waals surface area contributed by atoms with Crippen molar-refractivity contribution in [2.75, 3.05) is 13.1 Å². The summed E-state index contributed by atoms with van der Waals surface area (Å²) in [5.41, 5.74) is 6.70. The molecule has 0 atom stereocenters. The normalized spacial score (nSPS) is 15.8. The van der Waals surface area contributed by atoms with E-state index >= 15 is 0 Å². The van der Waals surface area contributed by atoms with Crippen molar-refractivity contribution in [3.63, 3.8) is 0 Å². The molecule has 1 aliphatic heterocycles. The third-order valence-electron chi connectivity index (χ3n) is 3.17. The van der Waals surface area contributed by atoms with Crippen LogP contribution in [-0.2, 0) is 26.1 Å². The van der Waals surface area contributed by atoms with Crippen molar-refractivity contribution in [2.24, 2.45) is 5.73 Å². The van der Waals surface area contributed by atoms with Gasteiger partial charge in [-0.2, -0.15) is 0 Å². The van der Waals surface area contributed by atoms with E-state index in [9.17, 15) is 0 Å². The highest BCUT2D eigenvalue weighted by atomic mass is 32.1. The molecule has 2 N–H and O–H groups in total. The Morgan fingerprint density at radius 3 is 3.22 bits per heavy atom. The van der Waals surface area contributed by atoms with Gasteiger partial charge in [0.2, 0.25) is 0 Å². The zero-order chi connectivity index (χ0) is 12.4. The van der Waals surface area contributed by atoms with E-state index in [1.807, 2.05) is 6.20 Å². The third-order valence-corrected chi connectivity index (χ3v) is 4.12. The summed E-state index contributed by atoms with van der Waals surface area (Å²) >= 11 is 1.71. The Morgan fingerprint density at radius 1 is 1.39 bits per heavy atom. The lowest BCUT2D eigenvalue weighted by Gasteiger charge is -2.26. The number of hydrogen-bond donors (Lipinski definition) is 1. The van der Waals surface area contributed by atoms with Crippen molar-refractivity contribution >= 4 is 11.3 Å². The highest BCUT2D eigenvalue weighted by molar-refractivity contribution is 7.09. The molecule has 6 heteroatoms. The van der Waals surface area contributed by atoms with Gasteiger partial charge in [-0.3, -0.25) is 4.90 Å². The average molecular weight is 263 g/mol. The van der Waals surface area contributed by atoms with Gasteiger partial charge in [-0.15, -0.1) is 11.3 Å². The molecule has 0 saturated carbocycles. The second kappa shape index (κ2) is 5.17. The van der Waals surface area contributed by atoms with Crippen LogP contribution < -0.4 is 5.73 Å². The number of rotatable bonds is 4. The number of nitrogens with two attached hydrogens (primary N) is 1. The van der Waals surface area contributed by atoms with Gasteiger partial charge < -0.3 is 10.3 Å². The highest BCUT2D eigenvalue weighted by Gasteiger charge is 2.17. The summed E-state index contributed by atoms with van der Waals surface area (Å²) in [6.45, 7) is 4.58. The highest BCUT2D eigenvalue weighted by Crippen LogP contribution is 2.16. The van der Waals surface area contributed by atoms with Gasteiger partial charge in [0.05, 0.1) is 17.2 Å². The number of fused-ring (bicyclic) bond motifs is 1. The standard InChI is InChI=1S/C12H17N5S/c13-2-1-12-15-10(9-18-12)7-16-5-6-17-4-3-14-11(17)8-16/h3-4,9H,1-2,5-8,13H2. The summed E-state index contributed by atoms with van der Waals surface area (Å²) in [6.07, 6.45) is 4.81. The van der Waals surface area contributed by atoms with Crippen LogP contribution in [-0.4, -0.2) is 32.5 Å². The fourth-order valence-corrected chi connectivity index (χ4v) is 3.05. The van der Waals surface area contributed by atoms with E-state index in [1.54, 1.807) is 11.3 Å². The molecule has 96 valence electrons. The first-order valence-electron chi connectivity index (χ1n) is 6.21. The maximum atomic E-state index is 5.54. The van der Waals surface area contributed by atoms with E-state index in [2.05, 4.69) is 31.0 Å². The molecule has 0 radical (unpaired) electrons. The summed E-state index contributed by atoms with van der Waals surface area (Å²) in [7, 11) is 0. The molecule has 0 unspecified atom stereocenters. The predicted octanol–water partition coefficient (Wildman–Crippen LogP) is 0.857. The lowest BCUT2D eigenvalue weighted by molar-refractivity contribution is 0.207. The molecule has 0 fully saturated rings. The van der Waals surface area contributed by atoms with Crippen molar-refractivity contribution < 1.29 is 0 Å². The monoisotopic (exact) mass is 263 g/mol. The molecular formula is C12H17N5S. The van der Waals surface area contributed by atoms with Crippen LogP contribution in [0.4, 0.5) is 0 Å². The minimum absolute atomic E-state index is 0.675. The summed E-state index contributed by atoms with van der Waals surface area (Å²) in [4.78, 5) is 11.4. The molecule has 1 aliphatic rings. The summed E-state index contributed by atoms with van der Waals surface area (Å²) < 4.78 is 2.22. The first-order valence-corrected chi connectivity index (χ1v) is 7.09. The second-order valence-electron chi connectivity index (χ2n) is 4.52. The SMILES string of the molecule is NCCc1nc(CN2CCn3ccnc3C2)cs1. The lowest BCUT2D eigenvalue weighted by atomic mass is 10.3. The zero-order valence-corrected chi connectivity index (χ0v) is 11.1. The molecule has 3 heterocycles. The van der Waals surface area contributed by atoms with E-state index < -0.39 is 0 Å². The van der Waals surface area contributed by atoms with Crippen LogP contribution in [0, 0.1) is 0 Å². The van der Waals surface area contributed by atoms with Gasteiger partial charge in [0.1, 0.15) is 5.82 Å². The van der Waals surface area contributed by atoms with Crippen LogP contribution in [0.5, 0.6) is 0 Å². The summed E-state index contributed by atoms with van der Waals surface area (Å²) in [6, 6.07) is 0. The maximum absolute atomic E-state index is 5.54. The molecule has 3 rings (SSSR count). The van der Waals surface area contributed by atoms with Gasteiger partial charge in [0, 0.05) is 43.8 Å². The van der Waals surface area contributed by atoms with Crippen LogP contribution in [0.25, 0.3) is 0 Å². The first kappa shape index (κ1) is 11.8. The van der Waals surface area contributed by atoms with Crippen molar-refractivity contribution in [2.45, 2.75) is 26.1 Å². The Balaban J connectivity index is 1.63. The summed E-state index contributed by atoms with van der Waals surface area (Å²) in [5.74, 6) is 1.15. The van der Waals surface area contributed by atoms with Crippen LogP contribution in [0.3, 0.4) is 0 Å². The first-order chi connectivity index (χ1) is 8.85. The van der Waals surface area contributed by atoms with E-state index in [1.165, 1.54) is 0 Å². The largest absolute Gasteiger partial charge is 0.333 e. The van der Waals surface area contributed by atoms with Crippen molar-refractivity contribution in [1.82, 2.24) is 19.4 Å². The van der Waals surface area contributed by atoms with E-state index in [0.717, 1.165) is 49.1 Å². The topological polar surface area (TPSA) is 60.0 Å². The molecule has 0 aromatic carbocycles. The Hall–Kier alpha value is -1.24. The maximum Gasteiger partial charge on any atom is 0.122 e. The van der Waals surface area contributed by atoms with E-state index in [0.29, 0.717) is 6.54 Å². The summed E-state index contributed by atoms with van der Waals surface area (Å²) in [5, 5.41) is 3.29. The number of aromatic nitrogens is 3. The fraction of sp³-hybridized carbons (Fsp3) is 0.500. The molecule has 2 aromatic heterocycles. The molecule has 0 bridgehead atoms. The van der Waals surface area contributed by atoms with Gasteiger partial charge in [0.15, 0.2) is 0 Å². The van der Waals surface area contributed by atoms with Gasteiger partial charge in [-0.1, -0.05) is 0 Å². The average Bonchev–Trinajstić information content (AvgIpc) is 2.98. The molecule has 0 amide bonds. The van der Waals surface area contributed by atoms with E-state index in [4.69, 9.17) is 5.73 Å². The van der Waals surface area contributed by atoms with Gasteiger partial charge in [-0.05, 0) is 6.54 Å². The predicted molar refractivity (Wildman–Crippen MR) is 71.2 cm³/mol. The Bertz CT molecular complexity index is 518. The molecule has 5 nitrogen and oxygen atoms in total. The quantitative estimate of drug-likeness (QED) is 0.888. The number of hydrogen-bond acceptors (Lipinski definition) is 5. The molecule has 0 saturated heterocycles. The van der Waals surface area contributed by atoms with Crippen LogP contribution in [0.15, 0.2) is 17.8 Å². The number of nitrogens with zero attached hydrogens (tertiary/aromatic N) is 4. The molecular weight excluding hydrogens is 246 g/mol. The Morgan fingerprint density at radius 2 is 2.33 bits per heavy atom. The molecule has 2 aromatic rings. The molecule has 0 aliphatic carbocycles. The molecule has 18 heavy (non-hydrogen) atoms. The lowest BCUT2D eigenvalue weighted by Crippen LogP contribution is -2.33. The van der Waals surface area contributed by atoms with Crippen LogP contribution in [0.2, 0.25) is 0 Å². The van der Waals surface area contributed by atoms with Gasteiger partial charge in [0.25, 0.3) is 0 Å². The Kier molecular flexibility index (Phi) is 3.40. The van der Waals surface area contributed by atoms with Crippen molar-refractivity contribution in [3.05, 3.63) is 34.3 Å². The Labute approximate surface area is 110 Å². The zero-order valence-electron chi connectivity index (χ0n) is 10.2. The minimum Gasteiger partial charge on any atom is -0.333 e. The second-order valence-corrected chi connectivity index (χ2v) is 5.46. The van der Waals surface area contributed by atoms with Crippen molar-refractivity contribution in [3.8, 4) is 0 Å². The van der Waals surface area contributed by atoms with Gasteiger partial charge in [-0.25, -0.2) is 9.97 Å². The van der Waals surface area contributed by atoms with Crippen LogP contribution >= 0.6 is 11.3 Å². The number of thiazole rings is 1. The van der Waals surface area contributed by atoms with Crippen molar-refractivity contribution in [1.29, 1.82) is 0 Å². The minimum atomic E-state index is 0.675. The fourth-order valence-electron chi connectivity index (χ4n) is 2.25. The smallest absolute Gasteiger partial charge is 0.122 e. The van der Waals surface area contributed by atoms with E-state index in [-0.39, 0.29) is 0 Å². The third kappa shape index (κ3) is 2.45. The molecule has 0 spiro atoms. The van der Waals surface area contributed by atoms with Gasteiger partial charge >= 0.3 is 0 Å².